The van der Waals surface area contributed by atoms with Crippen molar-refractivity contribution in [3.63, 3.8) is 0 Å². The SMILES string of the molecule is CC(C)CC1NC(=O)C2CCCN2C(=O)CNC(=O)C(Cc2ccccc2)CC(=O)C(CO)NC(=O)C(Cc2ccccc2)NC(=O)C2CCCN2C(=O)C(C)NC1=O. The molecule has 2 aromatic rings. The smallest absolute Gasteiger partial charge is 0.245 e. The average molecular weight is 816 g/mol. The van der Waals surface area contributed by atoms with Gasteiger partial charge in [-0.2, -0.15) is 0 Å². The summed E-state index contributed by atoms with van der Waals surface area (Å²) in [6, 6.07) is 11.2. The molecule has 6 N–H and O–H groups in total. The molecular weight excluding hydrogens is 759 g/mol. The van der Waals surface area contributed by atoms with Crippen molar-refractivity contribution >= 4 is 47.1 Å². The van der Waals surface area contributed by atoms with Crippen LogP contribution in [0, 0.1) is 11.8 Å². The number of Topliss-reactive ketones (excluding diaryl/α,β-unsaturated/α-hetero) is 1. The number of fused-ring (bicyclic) bond motifs is 2. The second kappa shape index (κ2) is 20.9. The minimum atomic E-state index is -1.44. The maximum absolute atomic E-state index is 14.0. The summed E-state index contributed by atoms with van der Waals surface area (Å²) in [5.74, 6) is -5.82. The van der Waals surface area contributed by atoms with E-state index in [1.165, 1.54) is 16.7 Å². The number of carbonyl (C=O) groups excluding carboxylic acids is 8. The van der Waals surface area contributed by atoms with Crippen LogP contribution in [0.5, 0.6) is 0 Å². The Hall–Kier alpha value is -5.64. The van der Waals surface area contributed by atoms with Crippen LogP contribution in [-0.4, -0.2) is 125 Å². The van der Waals surface area contributed by atoms with Crippen molar-refractivity contribution in [2.75, 3.05) is 26.2 Å². The lowest BCUT2D eigenvalue weighted by atomic mass is 9.91. The molecule has 318 valence electrons. The number of benzene rings is 2. The highest BCUT2D eigenvalue weighted by molar-refractivity contribution is 5.98. The Morgan fingerprint density at radius 3 is 1.76 bits per heavy atom. The van der Waals surface area contributed by atoms with Crippen LogP contribution < -0.4 is 26.6 Å². The van der Waals surface area contributed by atoms with Gasteiger partial charge in [0, 0.05) is 31.8 Å². The van der Waals surface area contributed by atoms with Gasteiger partial charge < -0.3 is 41.5 Å². The van der Waals surface area contributed by atoms with E-state index < -0.39 is 109 Å². The molecule has 59 heavy (non-hydrogen) atoms. The van der Waals surface area contributed by atoms with E-state index in [-0.39, 0.29) is 38.3 Å². The zero-order valence-electron chi connectivity index (χ0n) is 34.0. The number of aliphatic hydroxyl groups is 1. The molecule has 16 nitrogen and oxygen atoms in total. The zero-order valence-corrected chi connectivity index (χ0v) is 34.0. The molecule has 3 heterocycles. The van der Waals surface area contributed by atoms with Gasteiger partial charge in [0.15, 0.2) is 5.78 Å². The predicted octanol–water partition coefficient (Wildman–Crippen LogP) is 0.157. The topological polar surface area (TPSA) is 223 Å². The standard InChI is InChI=1S/C43H57N7O9/c1-26(2)20-31-39(55)45-27(3)43(59)50-19-11-17-35(50)42(58)47-32(22-29-14-8-5-9-15-29)40(56)48-33(25-51)36(52)23-30(21-28-12-6-4-7-13-28)38(54)44-24-37(53)49-18-10-16-34(49)41(57)46-31/h4-9,12-15,26-27,30-35,51H,10-11,16-25H2,1-3H3,(H,44,54)(H,45,55)(H,46,57)(H,47,58)(H,48,56). The van der Waals surface area contributed by atoms with Crippen molar-refractivity contribution in [2.45, 2.75) is 108 Å². The molecule has 0 spiro atoms. The fourth-order valence-electron chi connectivity index (χ4n) is 8.01. The molecule has 0 saturated carbocycles. The van der Waals surface area contributed by atoms with E-state index in [1.54, 1.807) is 60.7 Å². The first-order chi connectivity index (χ1) is 28.2. The Morgan fingerprint density at radius 1 is 0.644 bits per heavy atom. The number of nitrogens with one attached hydrogen (secondary N) is 5. The first kappa shape index (κ1) is 44.5. The van der Waals surface area contributed by atoms with Gasteiger partial charge in [-0.15, -0.1) is 0 Å². The molecule has 7 unspecified atom stereocenters. The Bertz CT molecular complexity index is 1840. The fourth-order valence-corrected chi connectivity index (χ4v) is 8.01. The summed E-state index contributed by atoms with van der Waals surface area (Å²) in [4.78, 5) is 113. The van der Waals surface area contributed by atoms with Crippen molar-refractivity contribution in [3.05, 3.63) is 71.8 Å². The van der Waals surface area contributed by atoms with E-state index in [4.69, 9.17) is 0 Å². The summed E-state index contributed by atoms with van der Waals surface area (Å²) in [5, 5.41) is 23.9. The lowest BCUT2D eigenvalue weighted by Gasteiger charge is -2.30. The Balaban J connectivity index is 1.46. The highest BCUT2D eigenvalue weighted by Gasteiger charge is 2.40. The van der Waals surface area contributed by atoms with Gasteiger partial charge in [0.1, 0.15) is 36.3 Å². The normalized spacial score (nSPS) is 27.2. The number of hydrogen-bond donors (Lipinski definition) is 6. The van der Waals surface area contributed by atoms with E-state index in [2.05, 4.69) is 26.6 Å². The van der Waals surface area contributed by atoms with Crippen LogP contribution in [-0.2, 0) is 51.2 Å². The van der Waals surface area contributed by atoms with Gasteiger partial charge in [-0.05, 0) is 62.5 Å². The number of amides is 7. The lowest BCUT2D eigenvalue weighted by molar-refractivity contribution is -0.142. The molecule has 0 bridgehead atoms. The number of aliphatic hydroxyl groups excluding tert-OH is 1. The van der Waals surface area contributed by atoms with Gasteiger partial charge in [-0.1, -0.05) is 74.5 Å². The highest BCUT2D eigenvalue weighted by atomic mass is 16.3. The van der Waals surface area contributed by atoms with Gasteiger partial charge >= 0.3 is 0 Å². The molecule has 7 amide bonds. The Morgan fingerprint density at radius 2 is 1.17 bits per heavy atom. The van der Waals surface area contributed by atoms with Crippen LogP contribution >= 0.6 is 0 Å². The maximum Gasteiger partial charge on any atom is 0.245 e. The molecule has 16 heteroatoms. The van der Waals surface area contributed by atoms with Crippen molar-refractivity contribution in [2.24, 2.45) is 11.8 Å². The van der Waals surface area contributed by atoms with Crippen LogP contribution in [0.1, 0.15) is 70.4 Å². The third-order valence-corrected chi connectivity index (χ3v) is 11.1. The highest BCUT2D eigenvalue weighted by Crippen LogP contribution is 2.22. The molecule has 0 aromatic heterocycles. The second-order valence-corrected chi connectivity index (χ2v) is 16.1. The average Bonchev–Trinajstić information content (AvgIpc) is 3.92. The van der Waals surface area contributed by atoms with E-state index in [0.29, 0.717) is 31.2 Å². The number of nitrogens with zero attached hydrogens (tertiary/aromatic N) is 2. The molecular formula is C43H57N7O9. The Labute approximate surface area is 344 Å². The molecule has 3 fully saturated rings. The van der Waals surface area contributed by atoms with Gasteiger partial charge in [-0.3, -0.25) is 38.4 Å². The summed E-state index contributed by atoms with van der Waals surface area (Å²) in [6.07, 6.45) is 1.60. The van der Waals surface area contributed by atoms with Crippen LogP contribution in [0.4, 0.5) is 0 Å². The maximum atomic E-state index is 14.0. The van der Waals surface area contributed by atoms with Crippen molar-refractivity contribution in [3.8, 4) is 0 Å². The summed E-state index contributed by atoms with van der Waals surface area (Å²) >= 11 is 0. The van der Waals surface area contributed by atoms with Crippen LogP contribution in [0.25, 0.3) is 0 Å². The summed E-state index contributed by atoms with van der Waals surface area (Å²) in [7, 11) is 0. The second-order valence-electron chi connectivity index (χ2n) is 16.1. The summed E-state index contributed by atoms with van der Waals surface area (Å²) in [6.45, 7) is 4.49. The van der Waals surface area contributed by atoms with Gasteiger partial charge in [0.2, 0.25) is 41.4 Å². The molecule has 5 rings (SSSR count). The monoisotopic (exact) mass is 815 g/mol. The van der Waals surface area contributed by atoms with E-state index in [0.717, 1.165) is 5.56 Å². The molecule has 0 aliphatic carbocycles. The van der Waals surface area contributed by atoms with Gasteiger partial charge in [0.25, 0.3) is 0 Å². The first-order valence-corrected chi connectivity index (χ1v) is 20.6. The molecule has 3 aliphatic rings. The number of ketones is 1. The van der Waals surface area contributed by atoms with E-state index in [1.807, 2.05) is 13.8 Å². The largest absolute Gasteiger partial charge is 0.394 e. The van der Waals surface area contributed by atoms with Gasteiger partial charge in [-0.25, -0.2) is 0 Å². The van der Waals surface area contributed by atoms with Crippen molar-refractivity contribution < 1.29 is 43.5 Å². The fraction of sp³-hybridized carbons (Fsp3) is 0.535. The molecule has 2 aromatic carbocycles. The van der Waals surface area contributed by atoms with Crippen LogP contribution in [0.15, 0.2) is 60.7 Å². The van der Waals surface area contributed by atoms with Crippen LogP contribution in [0.2, 0.25) is 0 Å². The summed E-state index contributed by atoms with van der Waals surface area (Å²) < 4.78 is 0. The predicted molar refractivity (Wildman–Crippen MR) is 216 cm³/mol. The number of hydrogen-bond acceptors (Lipinski definition) is 9. The minimum absolute atomic E-state index is 0.0196. The summed E-state index contributed by atoms with van der Waals surface area (Å²) in [5.41, 5.74) is 1.43. The third kappa shape index (κ3) is 12.0. The number of rotatable bonds is 7. The van der Waals surface area contributed by atoms with Gasteiger partial charge in [0.05, 0.1) is 13.2 Å². The van der Waals surface area contributed by atoms with Crippen molar-refractivity contribution in [1.29, 1.82) is 0 Å². The lowest BCUT2D eigenvalue weighted by Crippen LogP contribution is -2.59. The minimum Gasteiger partial charge on any atom is -0.394 e. The molecule has 7 atom stereocenters. The third-order valence-electron chi connectivity index (χ3n) is 11.1. The Kier molecular flexibility index (Phi) is 15.7. The molecule has 3 aliphatic heterocycles. The molecule has 3 saturated heterocycles. The van der Waals surface area contributed by atoms with Crippen LogP contribution in [0.3, 0.4) is 0 Å². The molecule has 0 radical (unpaired) electrons. The first-order valence-electron chi connectivity index (χ1n) is 20.6. The number of carbonyl (C=O) groups is 8. The van der Waals surface area contributed by atoms with E-state index >= 15 is 0 Å². The van der Waals surface area contributed by atoms with Crippen molar-refractivity contribution in [1.82, 2.24) is 36.4 Å². The quantitative estimate of drug-likeness (QED) is 0.224. The van der Waals surface area contributed by atoms with E-state index in [9.17, 15) is 43.5 Å². The zero-order chi connectivity index (χ0) is 42.6.